The molecule has 5 N–H and O–H groups in total. The molecule has 0 heterocycles. The van der Waals surface area contributed by atoms with Gasteiger partial charge in [0.15, 0.2) is 0 Å². The van der Waals surface area contributed by atoms with Gasteiger partial charge in [0, 0.05) is 19.8 Å². The lowest BCUT2D eigenvalue weighted by Crippen LogP contribution is -2.53. The van der Waals surface area contributed by atoms with Gasteiger partial charge in [0.05, 0.1) is 18.3 Å². The summed E-state index contributed by atoms with van der Waals surface area (Å²) in [6.45, 7) is 1.71. The van der Waals surface area contributed by atoms with Gasteiger partial charge in [-0.15, -0.1) is 0 Å². The first-order valence-corrected chi connectivity index (χ1v) is 14.0. The van der Waals surface area contributed by atoms with E-state index in [4.69, 9.17) is 5.73 Å². The second kappa shape index (κ2) is 13.2. The molecule has 0 bridgehead atoms. The van der Waals surface area contributed by atoms with E-state index in [1.807, 2.05) is 30.3 Å². The zero-order chi connectivity index (χ0) is 24.4. The summed E-state index contributed by atoms with van der Waals surface area (Å²) in [7, 11) is -1.96. The topological polar surface area (TPSA) is 133 Å². The van der Waals surface area contributed by atoms with Crippen LogP contribution in [-0.4, -0.2) is 70.8 Å². The van der Waals surface area contributed by atoms with Crippen LogP contribution in [0.5, 0.6) is 0 Å². The Morgan fingerprint density at radius 2 is 1.85 bits per heavy atom. The van der Waals surface area contributed by atoms with Crippen molar-refractivity contribution in [3.63, 3.8) is 0 Å². The fourth-order valence-corrected chi connectivity index (χ4v) is 6.58. The Bertz CT molecular complexity index is 801. The number of aliphatic hydroxyl groups is 1. The fraction of sp³-hybridized carbons (Fsp3) is 0.667. The van der Waals surface area contributed by atoms with Crippen molar-refractivity contribution in [3.05, 3.63) is 35.9 Å². The SMILES string of the molecule is CC[C@H](NC(=O)[C@@H](N)Cc1ccccc1)C(=O)N(C)C[C@@H](O)CP(=O)(O)CC1CCCCC1. The van der Waals surface area contributed by atoms with E-state index in [-0.39, 0.29) is 30.7 Å². The molecule has 1 aliphatic rings. The molecule has 1 fully saturated rings. The Labute approximate surface area is 197 Å². The normalized spacial score (nSPS) is 19.2. The maximum absolute atomic E-state index is 12.8. The summed E-state index contributed by atoms with van der Waals surface area (Å²) in [5.74, 6) is -0.543. The van der Waals surface area contributed by atoms with E-state index in [1.54, 1.807) is 6.92 Å². The summed E-state index contributed by atoms with van der Waals surface area (Å²) in [6.07, 6.45) is 4.89. The summed E-state index contributed by atoms with van der Waals surface area (Å²) < 4.78 is 12.6. The minimum absolute atomic E-state index is 0.0729. The molecule has 1 aliphatic carbocycles. The zero-order valence-corrected chi connectivity index (χ0v) is 20.8. The Hall–Kier alpha value is -1.73. The van der Waals surface area contributed by atoms with Crippen LogP contribution in [-0.2, 0) is 20.6 Å². The summed E-state index contributed by atoms with van der Waals surface area (Å²) >= 11 is 0. The minimum atomic E-state index is -3.48. The number of carbonyl (C=O) groups excluding carboxylic acids is 2. The summed E-state index contributed by atoms with van der Waals surface area (Å²) in [5.41, 5.74) is 6.95. The van der Waals surface area contributed by atoms with Crippen LogP contribution in [0.4, 0.5) is 0 Å². The predicted molar refractivity (Wildman–Crippen MR) is 130 cm³/mol. The molecular formula is C24H40N3O5P. The molecule has 4 atom stereocenters. The van der Waals surface area contributed by atoms with Crippen molar-refractivity contribution in [1.29, 1.82) is 0 Å². The zero-order valence-electron chi connectivity index (χ0n) is 19.9. The minimum Gasteiger partial charge on any atom is -0.391 e. The molecule has 8 nitrogen and oxygen atoms in total. The third kappa shape index (κ3) is 9.57. The van der Waals surface area contributed by atoms with Crippen molar-refractivity contribution in [2.24, 2.45) is 11.7 Å². The van der Waals surface area contributed by atoms with Gasteiger partial charge in [-0.1, -0.05) is 56.5 Å². The molecule has 33 heavy (non-hydrogen) atoms. The van der Waals surface area contributed by atoms with Crippen LogP contribution in [0.2, 0.25) is 0 Å². The molecule has 0 spiro atoms. The molecule has 9 heteroatoms. The number of amides is 2. The first kappa shape index (κ1) is 27.5. The number of carbonyl (C=O) groups is 2. The first-order valence-electron chi connectivity index (χ1n) is 11.9. The van der Waals surface area contributed by atoms with Crippen molar-refractivity contribution < 1.29 is 24.2 Å². The van der Waals surface area contributed by atoms with Crippen molar-refractivity contribution in [3.8, 4) is 0 Å². The van der Waals surface area contributed by atoms with Gasteiger partial charge in [-0.3, -0.25) is 14.2 Å². The lowest BCUT2D eigenvalue weighted by atomic mass is 9.91. The molecule has 1 saturated carbocycles. The van der Waals surface area contributed by atoms with Crippen LogP contribution in [0.1, 0.15) is 51.0 Å². The number of rotatable bonds is 12. The smallest absolute Gasteiger partial charge is 0.244 e. The van der Waals surface area contributed by atoms with E-state index in [0.717, 1.165) is 31.2 Å². The van der Waals surface area contributed by atoms with Crippen molar-refractivity contribution in [2.75, 3.05) is 25.9 Å². The second-order valence-corrected chi connectivity index (χ2v) is 11.8. The molecule has 186 valence electrons. The van der Waals surface area contributed by atoms with E-state index in [1.165, 1.54) is 18.4 Å². The van der Waals surface area contributed by atoms with Crippen molar-refractivity contribution in [2.45, 2.75) is 70.1 Å². The van der Waals surface area contributed by atoms with Gasteiger partial charge in [-0.2, -0.15) is 0 Å². The maximum atomic E-state index is 12.8. The van der Waals surface area contributed by atoms with Gasteiger partial charge in [0.25, 0.3) is 0 Å². The Morgan fingerprint density at radius 3 is 2.45 bits per heavy atom. The van der Waals surface area contributed by atoms with Crippen LogP contribution in [0, 0.1) is 5.92 Å². The summed E-state index contributed by atoms with van der Waals surface area (Å²) in [4.78, 5) is 37.0. The molecule has 2 rings (SSSR count). The van der Waals surface area contributed by atoms with Crippen molar-refractivity contribution >= 4 is 19.2 Å². The molecule has 1 unspecified atom stereocenters. The lowest BCUT2D eigenvalue weighted by molar-refractivity contribution is -0.136. The third-order valence-corrected chi connectivity index (χ3v) is 8.36. The van der Waals surface area contributed by atoms with Crippen LogP contribution in [0.25, 0.3) is 0 Å². The monoisotopic (exact) mass is 481 g/mol. The molecule has 0 saturated heterocycles. The molecular weight excluding hydrogens is 441 g/mol. The van der Waals surface area contributed by atoms with E-state index in [9.17, 15) is 24.2 Å². The highest BCUT2D eigenvalue weighted by Gasteiger charge is 2.30. The van der Waals surface area contributed by atoms with E-state index < -0.39 is 31.5 Å². The van der Waals surface area contributed by atoms with E-state index in [2.05, 4.69) is 5.32 Å². The Kier molecular flexibility index (Phi) is 11.0. The first-order chi connectivity index (χ1) is 15.6. The van der Waals surface area contributed by atoms with Crippen LogP contribution >= 0.6 is 7.37 Å². The average Bonchev–Trinajstić information content (AvgIpc) is 2.77. The maximum Gasteiger partial charge on any atom is 0.244 e. The number of hydrogen-bond acceptors (Lipinski definition) is 5. The van der Waals surface area contributed by atoms with Gasteiger partial charge in [-0.05, 0) is 37.2 Å². The van der Waals surface area contributed by atoms with Crippen LogP contribution in [0.3, 0.4) is 0 Å². The predicted octanol–water partition coefficient (Wildman–Crippen LogP) is 2.12. The largest absolute Gasteiger partial charge is 0.391 e. The lowest BCUT2D eigenvalue weighted by Gasteiger charge is -2.28. The molecule has 2 amide bonds. The third-order valence-electron chi connectivity index (χ3n) is 6.28. The van der Waals surface area contributed by atoms with Gasteiger partial charge in [-0.25, -0.2) is 0 Å². The number of hydrogen-bond donors (Lipinski definition) is 4. The van der Waals surface area contributed by atoms with Gasteiger partial charge in [0.1, 0.15) is 6.04 Å². The Balaban J connectivity index is 1.83. The quantitative estimate of drug-likeness (QED) is 0.338. The summed E-state index contributed by atoms with van der Waals surface area (Å²) in [6, 6.07) is 7.84. The fourth-order valence-electron chi connectivity index (χ4n) is 4.48. The standard InChI is InChI=1S/C24H40N3O5P/c1-3-22(26-23(29)21(25)14-18-10-6-4-7-11-18)24(30)27(2)15-20(28)17-33(31,32)16-19-12-8-5-9-13-19/h4,6-7,10-11,19-22,28H,3,5,8-9,12-17,25H2,1-2H3,(H,26,29)(H,31,32)/t20-,21+,22+/m1/s1. The van der Waals surface area contributed by atoms with Crippen LogP contribution in [0.15, 0.2) is 30.3 Å². The van der Waals surface area contributed by atoms with E-state index in [0.29, 0.717) is 12.8 Å². The average molecular weight is 482 g/mol. The number of aliphatic hydroxyl groups excluding tert-OH is 1. The number of nitrogens with zero attached hydrogens (tertiary/aromatic N) is 1. The van der Waals surface area contributed by atoms with Gasteiger partial charge < -0.3 is 26.0 Å². The Morgan fingerprint density at radius 1 is 1.21 bits per heavy atom. The van der Waals surface area contributed by atoms with Gasteiger partial charge in [0.2, 0.25) is 19.2 Å². The second-order valence-electron chi connectivity index (χ2n) is 9.35. The molecule has 0 aromatic heterocycles. The van der Waals surface area contributed by atoms with E-state index >= 15 is 0 Å². The molecule has 1 aromatic carbocycles. The summed E-state index contributed by atoms with van der Waals surface area (Å²) in [5, 5.41) is 13.1. The highest BCUT2D eigenvalue weighted by molar-refractivity contribution is 7.58. The number of benzene rings is 1. The highest BCUT2D eigenvalue weighted by Crippen LogP contribution is 2.46. The number of nitrogens with one attached hydrogen (secondary N) is 1. The molecule has 1 aromatic rings. The number of nitrogens with two attached hydrogens (primary N) is 1. The number of likely N-dealkylation sites (N-methyl/N-ethyl adjacent to an activating group) is 1. The molecule has 0 radical (unpaired) electrons. The van der Waals surface area contributed by atoms with Crippen LogP contribution < -0.4 is 11.1 Å². The highest BCUT2D eigenvalue weighted by atomic mass is 31.2. The van der Waals surface area contributed by atoms with Gasteiger partial charge >= 0.3 is 0 Å². The molecule has 0 aliphatic heterocycles. The van der Waals surface area contributed by atoms with Crippen molar-refractivity contribution in [1.82, 2.24) is 10.2 Å².